The molecule has 7 nitrogen and oxygen atoms in total. The lowest BCUT2D eigenvalue weighted by Crippen LogP contribution is -2.03. The molecular weight excluding hydrogens is 330 g/mol. The summed E-state index contributed by atoms with van der Waals surface area (Å²) in [7, 11) is 3.22. The van der Waals surface area contributed by atoms with Gasteiger partial charge in [-0.2, -0.15) is 9.61 Å². The zero-order chi connectivity index (χ0) is 18.1. The number of ether oxygens (including phenoxy) is 2. The van der Waals surface area contributed by atoms with Gasteiger partial charge in [0.2, 0.25) is 5.88 Å². The fourth-order valence-corrected chi connectivity index (χ4v) is 2.81. The number of fused-ring (bicyclic) bond motifs is 1. The smallest absolute Gasteiger partial charge is 0.212 e. The number of anilines is 1. The molecule has 7 heteroatoms. The van der Waals surface area contributed by atoms with E-state index in [4.69, 9.17) is 15.2 Å². The summed E-state index contributed by atoms with van der Waals surface area (Å²) in [6.45, 7) is 0. The average Bonchev–Trinajstić information content (AvgIpc) is 3.13. The fraction of sp³-hybridized carbons (Fsp3) is 0.105. The highest BCUT2D eigenvalue weighted by atomic mass is 16.5. The maximum Gasteiger partial charge on any atom is 0.212 e. The third-order valence-corrected chi connectivity index (χ3v) is 4.22. The molecule has 1 aromatic carbocycles. The van der Waals surface area contributed by atoms with Crippen LogP contribution in [0.3, 0.4) is 0 Å². The second-order valence-corrected chi connectivity index (χ2v) is 5.67. The summed E-state index contributed by atoms with van der Waals surface area (Å²) in [5.41, 5.74) is 10.5. The highest BCUT2D eigenvalue weighted by Gasteiger charge is 2.14. The molecule has 0 spiro atoms. The van der Waals surface area contributed by atoms with E-state index >= 15 is 0 Å². The normalized spacial score (nSPS) is 10.8. The molecule has 0 atom stereocenters. The summed E-state index contributed by atoms with van der Waals surface area (Å²) in [6, 6.07) is 11.4. The first-order valence-electron chi connectivity index (χ1n) is 7.98. The number of pyridine rings is 1. The lowest BCUT2D eigenvalue weighted by molar-refractivity contribution is 0.398. The quantitative estimate of drug-likeness (QED) is 0.610. The van der Waals surface area contributed by atoms with Gasteiger partial charge in [0.05, 0.1) is 20.4 Å². The maximum atomic E-state index is 6.34. The molecule has 130 valence electrons. The van der Waals surface area contributed by atoms with Crippen molar-refractivity contribution in [1.29, 1.82) is 0 Å². The van der Waals surface area contributed by atoms with Gasteiger partial charge in [0.1, 0.15) is 11.6 Å². The van der Waals surface area contributed by atoms with E-state index in [1.54, 1.807) is 43.4 Å². The van der Waals surface area contributed by atoms with E-state index in [0.717, 1.165) is 28.0 Å². The van der Waals surface area contributed by atoms with Gasteiger partial charge in [-0.25, -0.2) is 9.97 Å². The molecule has 3 aromatic heterocycles. The second-order valence-electron chi connectivity index (χ2n) is 5.67. The molecule has 0 saturated carbocycles. The third kappa shape index (κ3) is 2.59. The first-order chi connectivity index (χ1) is 12.7. The van der Waals surface area contributed by atoms with Crippen molar-refractivity contribution in [2.75, 3.05) is 20.0 Å². The SMILES string of the molecule is COc1ccc(-c2cnn3c(N)c(-c4ccc(OC)nc4)cnc23)cc1. The first kappa shape index (κ1) is 15.9. The van der Waals surface area contributed by atoms with E-state index in [1.165, 1.54) is 0 Å². The number of benzene rings is 1. The van der Waals surface area contributed by atoms with E-state index < -0.39 is 0 Å². The van der Waals surface area contributed by atoms with Gasteiger partial charge in [0.15, 0.2) is 5.65 Å². The molecule has 4 rings (SSSR count). The van der Waals surface area contributed by atoms with Crippen LogP contribution < -0.4 is 15.2 Å². The van der Waals surface area contributed by atoms with Gasteiger partial charge < -0.3 is 15.2 Å². The van der Waals surface area contributed by atoms with Gasteiger partial charge in [0.25, 0.3) is 0 Å². The lowest BCUT2D eigenvalue weighted by Gasteiger charge is -2.08. The molecule has 0 aliphatic carbocycles. The zero-order valence-electron chi connectivity index (χ0n) is 14.4. The lowest BCUT2D eigenvalue weighted by atomic mass is 10.1. The predicted molar refractivity (Wildman–Crippen MR) is 99.2 cm³/mol. The summed E-state index contributed by atoms with van der Waals surface area (Å²) < 4.78 is 11.9. The molecule has 0 aliphatic heterocycles. The van der Waals surface area contributed by atoms with Gasteiger partial charge in [0, 0.05) is 35.2 Å². The Morgan fingerprint density at radius 3 is 2.23 bits per heavy atom. The Bertz CT molecular complexity index is 1060. The van der Waals surface area contributed by atoms with E-state index in [1.807, 2.05) is 30.3 Å². The molecule has 0 radical (unpaired) electrons. The molecule has 0 fully saturated rings. The zero-order valence-corrected chi connectivity index (χ0v) is 14.4. The van der Waals surface area contributed by atoms with Gasteiger partial charge in [-0.3, -0.25) is 0 Å². The minimum absolute atomic E-state index is 0.502. The van der Waals surface area contributed by atoms with Crippen LogP contribution in [0, 0.1) is 0 Å². The Hall–Kier alpha value is -3.61. The highest BCUT2D eigenvalue weighted by molar-refractivity contribution is 5.82. The number of hydrogen-bond donors (Lipinski definition) is 1. The Balaban J connectivity index is 1.79. The maximum absolute atomic E-state index is 6.34. The van der Waals surface area contributed by atoms with Crippen LogP contribution in [0.2, 0.25) is 0 Å². The summed E-state index contributed by atoms with van der Waals surface area (Å²) in [6.07, 6.45) is 5.20. The second kappa shape index (κ2) is 6.36. The number of aromatic nitrogens is 4. The fourth-order valence-electron chi connectivity index (χ4n) is 2.81. The summed E-state index contributed by atoms with van der Waals surface area (Å²) >= 11 is 0. The Kier molecular flexibility index (Phi) is 3.89. The summed E-state index contributed by atoms with van der Waals surface area (Å²) in [4.78, 5) is 8.79. The summed E-state index contributed by atoms with van der Waals surface area (Å²) in [5.74, 6) is 1.84. The molecule has 0 unspecified atom stereocenters. The Labute approximate surface area is 150 Å². The molecule has 26 heavy (non-hydrogen) atoms. The van der Waals surface area contributed by atoms with E-state index in [-0.39, 0.29) is 0 Å². The van der Waals surface area contributed by atoms with Crippen molar-refractivity contribution in [3.05, 3.63) is 55.0 Å². The minimum Gasteiger partial charge on any atom is -0.497 e. The monoisotopic (exact) mass is 347 g/mol. The van der Waals surface area contributed by atoms with E-state index in [9.17, 15) is 0 Å². The number of methoxy groups -OCH3 is 2. The van der Waals surface area contributed by atoms with Crippen molar-refractivity contribution in [2.24, 2.45) is 0 Å². The van der Waals surface area contributed by atoms with Gasteiger partial charge >= 0.3 is 0 Å². The molecule has 0 amide bonds. The number of rotatable bonds is 4. The van der Waals surface area contributed by atoms with Crippen LogP contribution in [0.25, 0.3) is 27.9 Å². The Morgan fingerprint density at radius 2 is 1.58 bits per heavy atom. The molecule has 0 aliphatic rings. The van der Waals surface area contributed by atoms with Crippen molar-refractivity contribution in [1.82, 2.24) is 19.6 Å². The van der Waals surface area contributed by atoms with Crippen molar-refractivity contribution in [2.45, 2.75) is 0 Å². The van der Waals surface area contributed by atoms with Crippen LogP contribution in [0.15, 0.2) is 55.0 Å². The predicted octanol–water partition coefficient (Wildman–Crippen LogP) is 3.06. The van der Waals surface area contributed by atoms with Crippen LogP contribution in [0.1, 0.15) is 0 Å². The molecular formula is C19H17N5O2. The third-order valence-electron chi connectivity index (χ3n) is 4.22. The van der Waals surface area contributed by atoms with Crippen LogP contribution in [-0.4, -0.2) is 33.8 Å². The van der Waals surface area contributed by atoms with E-state index in [0.29, 0.717) is 17.3 Å². The molecule has 0 saturated heterocycles. The minimum atomic E-state index is 0.502. The molecule has 2 N–H and O–H groups in total. The summed E-state index contributed by atoms with van der Waals surface area (Å²) in [5, 5.41) is 4.41. The van der Waals surface area contributed by atoms with E-state index in [2.05, 4.69) is 15.1 Å². The molecule has 3 heterocycles. The van der Waals surface area contributed by atoms with Crippen LogP contribution in [0.5, 0.6) is 11.6 Å². The molecule has 4 aromatic rings. The Morgan fingerprint density at radius 1 is 0.808 bits per heavy atom. The van der Waals surface area contributed by atoms with Crippen molar-refractivity contribution < 1.29 is 9.47 Å². The van der Waals surface area contributed by atoms with Gasteiger partial charge in [-0.05, 0) is 23.8 Å². The topological polar surface area (TPSA) is 87.6 Å². The number of hydrogen-bond acceptors (Lipinski definition) is 6. The first-order valence-corrected chi connectivity index (χ1v) is 7.98. The van der Waals surface area contributed by atoms with Crippen LogP contribution >= 0.6 is 0 Å². The van der Waals surface area contributed by atoms with Crippen molar-refractivity contribution >= 4 is 11.5 Å². The average molecular weight is 347 g/mol. The van der Waals surface area contributed by atoms with Crippen molar-refractivity contribution in [3.63, 3.8) is 0 Å². The number of nitrogens with zero attached hydrogens (tertiary/aromatic N) is 4. The van der Waals surface area contributed by atoms with Crippen LogP contribution in [-0.2, 0) is 0 Å². The highest BCUT2D eigenvalue weighted by Crippen LogP contribution is 2.30. The number of nitrogen functional groups attached to an aromatic ring is 1. The number of nitrogens with two attached hydrogens (primary N) is 1. The van der Waals surface area contributed by atoms with Crippen LogP contribution in [0.4, 0.5) is 5.82 Å². The standard InChI is InChI=1S/C19H17N5O2/c1-25-14-6-3-12(4-7-14)16-11-23-24-18(20)15(10-22-19(16)24)13-5-8-17(26-2)21-9-13/h3-11H,20H2,1-2H3. The van der Waals surface area contributed by atoms with Gasteiger partial charge in [-0.15, -0.1) is 0 Å². The van der Waals surface area contributed by atoms with Gasteiger partial charge in [-0.1, -0.05) is 12.1 Å². The molecule has 0 bridgehead atoms. The van der Waals surface area contributed by atoms with Crippen molar-refractivity contribution in [3.8, 4) is 33.9 Å². The largest absolute Gasteiger partial charge is 0.497 e.